The van der Waals surface area contributed by atoms with E-state index in [1.165, 1.54) is 24.8 Å². The largest absolute Gasteiger partial charge is 0.495 e. The number of nitrogens with one attached hydrogen (secondary N) is 2. The molecular weight excluding hydrogens is 400 g/mol. The van der Waals surface area contributed by atoms with E-state index < -0.39 is 0 Å². The van der Waals surface area contributed by atoms with Gasteiger partial charge >= 0.3 is 0 Å². The standard InChI is InChI=1S/C26H32N4O2/c1-19-8-6-9-21(16-19)28-26-22-18-23(24(32-2)17-20(22)11-12-27-26)29-25(31)10-7-15-30-13-4-3-5-14-30/h6,8-9,11-12,16-18H,3-5,7,10,13-15H2,1-2H3,(H,27,28)(H,29,31). The third-order valence-electron chi connectivity index (χ3n) is 5.97. The van der Waals surface area contributed by atoms with Gasteiger partial charge in [0.2, 0.25) is 5.91 Å². The van der Waals surface area contributed by atoms with Crippen molar-refractivity contribution in [1.29, 1.82) is 0 Å². The lowest BCUT2D eigenvalue weighted by Crippen LogP contribution is -2.31. The third-order valence-corrected chi connectivity index (χ3v) is 5.97. The maximum Gasteiger partial charge on any atom is 0.224 e. The molecule has 0 atom stereocenters. The fourth-order valence-electron chi connectivity index (χ4n) is 4.28. The molecule has 1 fully saturated rings. The van der Waals surface area contributed by atoms with Gasteiger partial charge in [0.25, 0.3) is 0 Å². The van der Waals surface area contributed by atoms with Crippen LogP contribution in [0.25, 0.3) is 10.8 Å². The number of fused-ring (bicyclic) bond motifs is 1. The monoisotopic (exact) mass is 432 g/mol. The Hall–Kier alpha value is -3.12. The first-order valence-corrected chi connectivity index (χ1v) is 11.4. The van der Waals surface area contributed by atoms with Gasteiger partial charge in [-0.15, -0.1) is 0 Å². The highest BCUT2D eigenvalue weighted by atomic mass is 16.5. The van der Waals surface area contributed by atoms with Gasteiger partial charge in [0.15, 0.2) is 0 Å². The molecule has 32 heavy (non-hydrogen) atoms. The summed E-state index contributed by atoms with van der Waals surface area (Å²) in [7, 11) is 1.63. The van der Waals surface area contributed by atoms with Gasteiger partial charge in [-0.25, -0.2) is 4.98 Å². The van der Waals surface area contributed by atoms with Crippen molar-refractivity contribution in [2.45, 2.75) is 39.0 Å². The van der Waals surface area contributed by atoms with E-state index in [0.29, 0.717) is 17.9 Å². The van der Waals surface area contributed by atoms with Crippen molar-refractivity contribution in [1.82, 2.24) is 9.88 Å². The molecule has 6 nitrogen and oxygen atoms in total. The quantitative estimate of drug-likeness (QED) is 0.492. The Morgan fingerprint density at radius 3 is 2.75 bits per heavy atom. The maximum absolute atomic E-state index is 12.7. The molecule has 1 amide bonds. The second-order valence-corrected chi connectivity index (χ2v) is 8.48. The van der Waals surface area contributed by atoms with E-state index in [2.05, 4.69) is 39.6 Å². The molecule has 0 spiro atoms. The van der Waals surface area contributed by atoms with E-state index in [9.17, 15) is 4.79 Å². The minimum Gasteiger partial charge on any atom is -0.495 e. The number of aryl methyl sites for hydroxylation is 1. The summed E-state index contributed by atoms with van der Waals surface area (Å²) in [6, 6.07) is 14.0. The highest BCUT2D eigenvalue weighted by molar-refractivity contribution is 6.01. The van der Waals surface area contributed by atoms with Gasteiger partial charge in [-0.3, -0.25) is 4.79 Å². The number of aromatic nitrogens is 1. The summed E-state index contributed by atoms with van der Waals surface area (Å²) in [4.78, 5) is 19.7. The topological polar surface area (TPSA) is 66.5 Å². The summed E-state index contributed by atoms with van der Waals surface area (Å²) in [6.07, 6.45) is 7.01. The lowest BCUT2D eigenvalue weighted by molar-refractivity contribution is -0.116. The van der Waals surface area contributed by atoms with E-state index >= 15 is 0 Å². The lowest BCUT2D eigenvalue weighted by atomic mass is 10.1. The SMILES string of the molecule is COc1cc2ccnc(Nc3cccc(C)c3)c2cc1NC(=O)CCCN1CCCCC1. The average Bonchev–Trinajstić information content (AvgIpc) is 2.80. The highest BCUT2D eigenvalue weighted by Crippen LogP contribution is 2.34. The molecule has 0 bridgehead atoms. The Labute approximate surface area is 190 Å². The van der Waals surface area contributed by atoms with E-state index in [-0.39, 0.29) is 5.91 Å². The number of methoxy groups -OCH3 is 1. The molecule has 3 aromatic rings. The van der Waals surface area contributed by atoms with Gasteiger partial charge in [-0.2, -0.15) is 0 Å². The smallest absolute Gasteiger partial charge is 0.224 e. The van der Waals surface area contributed by atoms with E-state index in [0.717, 1.165) is 48.3 Å². The summed E-state index contributed by atoms with van der Waals surface area (Å²) >= 11 is 0. The Morgan fingerprint density at radius 2 is 1.97 bits per heavy atom. The molecule has 6 heteroatoms. The van der Waals surface area contributed by atoms with Gasteiger partial charge in [0, 0.05) is 23.7 Å². The Bertz CT molecular complexity index is 1080. The number of amides is 1. The number of rotatable bonds is 8. The van der Waals surface area contributed by atoms with Crippen LogP contribution >= 0.6 is 0 Å². The molecule has 0 saturated carbocycles. The van der Waals surface area contributed by atoms with Crippen LogP contribution in [-0.2, 0) is 4.79 Å². The number of ether oxygens (including phenoxy) is 1. The highest BCUT2D eigenvalue weighted by Gasteiger charge is 2.14. The lowest BCUT2D eigenvalue weighted by Gasteiger charge is -2.26. The van der Waals surface area contributed by atoms with Crippen LogP contribution in [0.4, 0.5) is 17.2 Å². The number of pyridine rings is 1. The summed E-state index contributed by atoms with van der Waals surface area (Å²) in [5.41, 5.74) is 2.82. The van der Waals surface area contributed by atoms with Gasteiger partial charge in [0.1, 0.15) is 11.6 Å². The second kappa shape index (κ2) is 10.5. The minimum atomic E-state index is 0.0109. The first-order valence-electron chi connectivity index (χ1n) is 11.4. The number of carbonyl (C=O) groups is 1. The average molecular weight is 433 g/mol. The van der Waals surface area contributed by atoms with Crippen molar-refractivity contribution in [3.05, 3.63) is 54.2 Å². The number of likely N-dealkylation sites (tertiary alicyclic amines) is 1. The van der Waals surface area contributed by atoms with Crippen molar-refractivity contribution in [2.24, 2.45) is 0 Å². The number of hydrogen-bond acceptors (Lipinski definition) is 5. The van der Waals surface area contributed by atoms with E-state index in [1.807, 2.05) is 30.3 Å². The number of hydrogen-bond donors (Lipinski definition) is 2. The Kier molecular flexibility index (Phi) is 7.22. The van der Waals surface area contributed by atoms with Gasteiger partial charge in [-0.1, -0.05) is 18.6 Å². The van der Waals surface area contributed by atoms with Crippen LogP contribution in [-0.4, -0.2) is 42.5 Å². The Balaban J connectivity index is 1.49. The van der Waals surface area contributed by atoms with Crippen molar-refractivity contribution < 1.29 is 9.53 Å². The molecule has 1 saturated heterocycles. The fourth-order valence-corrected chi connectivity index (χ4v) is 4.28. The summed E-state index contributed by atoms with van der Waals surface area (Å²) < 4.78 is 5.56. The van der Waals surface area contributed by atoms with E-state index in [1.54, 1.807) is 13.3 Å². The van der Waals surface area contributed by atoms with Crippen LogP contribution in [0.3, 0.4) is 0 Å². The van der Waals surface area contributed by atoms with Crippen LogP contribution in [0, 0.1) is 6.92 Å². The fraction of sp³-hybridized carbons (Fsp3) is 0.385. The molecule has 1 aromatic heterocycles. The van der Waals surface area contributed by atoms with Gasteiger partial charge in [-0.05, 0) is 87.1 Å². The second-order valence-electron chi connectivity index (χ2n) is 8.48. The zero-order chi connectivity index (χ0) is 22.3. The predicted octanol–water partition coefficient (Wildman–Crippen LogP) is 5.50. The molecule has 1 aliphatic rings. The normalized spacial score (nSPS) is 14.3. The molecule has 2 N–H and O–H groups in total. The van der Waals surface area contributed by atoms with Crippen molar-refractivity contribution in [3.63, 3.8) is 0 Å². The number of carbonyl (C=O) groups excluding carboxylic acids is 1. The zero-order valence-corrected chi connectivity index (χ0v) is 19.0. The van der Waals surface area contributed by atoms with Gasteiger partial charge < -0.3 is 20.3 Å². The first-order chi connectivity index (χ1) is 15.6. The third kappa shape index (κ3) is 5.56. The van der Waals surface area contributed by atoms with Crippen LogP contribution in [0.2, 0.25) is 0 Å². The van der Waals surface area contributed by atoms with Gasteiger partial charge in [0.05, 0.1) is 12.8 Å². The summed E-state index contributed by atoms with van der Waals surface area (Å²) in [6.45, 7) is 5.36. The number of benzene rings is 2. The number of piperidine rings is 1. The first kappa shape index (κ1) is 22.1. The van der Waals surface area contributed by atoms with Crippen LogP contribution in [0.5, 0.6) is 5.75 Å². The van der Waals surface area contributed by atoms with Crippen molar-refractivity contribution in [3.8, 4) is 5.75 Å². The molecular formula is C26H32N4O2. The maximum atomic E-state index is 12.7. The number of nitrogens with zero attached hydrogens (tertiary/aromatic N) is 2. The molecule has 0 aliphatic carbocycles. The summed E-state index contributed by atoms with van der Waals surface area (Å²) in [5, 5.41) is 8.38. The van der Waals surface area contributed by atoms with Crippen molar-refractivity contribution >= 4 is 33.9 Å². The number of anilines is 3. The minimum absolute atomic E-state index is 0.0109. The van der Waals surface area contributed by atoms with E-state index in [4.69, 9.17) is 4.74 Å². The molecule has 0 unspecified atom stereocenters. The zero-order valence-electron chi connectivity index (χ0n) is 19.0. The Morgan fingerprint density at radius 1 is 1.12 bits per heavy atom. The van der Waals surface area contributed by atoms with Crippen LogP contribution in [0.15, 0.2) is 48.7 Å². The molecule has 2 aromatic carbocycles. The molecule has 168 valence electrons. The van der Waals surface area contributed by atoms with Crippen LogP contribution < -0.4 is 15.4 Å². The molecule has 0 radical (unpaired) electrons. The molecule has 1 aliphatic heterocycles. The molecule has 2 heterocycles. The molecule has 4 rings (SSSR count). The van der Waals surface area contributed by atoms with Crippen LogP contribution in [0.1, 0.15) is 37.7 Å². The predicted molar refractivity (Wildman–Crippen MR) is 131 cm³/mol. The van der Waals surface area contributed by atoms with Crippen molar-refractivity contribution in [2.75, 3.05) is 37.4 Å². The summed E-state index contributed by atoms with van der Waals surface area (Å²) in [5.74, 6) is 1.41.